The highest BCUT2D eigenvalue weighted by Gasteiger charge is 2.27. The van der Waals surface area contributed by atoms with Crippen molar-refractivity contribution in [3.8, 4) is 11.8 Å². The number of nitrogens with one attached hydrogen (secondary N) is 1. The van der Waals surface area contributed by atoms with Crippen molar-refractivity contribution < 1.29 is 9.53 Å². The molecule has 0 aliphatic carbocycles. The van der Waals surface area contributed by atoms with Crippen LogP contribution in [0.15, 0.2) is 27.8 Å². The summed E-state index contributed by atoms with van der Waals surface area (Å²) in [6, 6.07) is 5.24. The summed E-state index contributed by atoms with van der Waals surface area (Å²) in [7, 11) is 0. The number of imidazole rings is 1. The lowest BCUT2D eigenvalue weighted by molar-refractivity contribution is -0.143. The summed E-state index contributed by atoms with van der Waals surface area (Å²) in [5, 5.41) is 10.7. The van der Waals surface area contributed by atoms with Crippen LogP contribution in [0.3, 0.4) is 0 Å². The van der Waals surface area contributed by atoms with Crippen LogP contribution in [0.25, 0.3) is 22.2 Å². The summed E-state index contributed by atoms with van der Waals surface area (Å²) in [6.07, 6.45) is 1.76. The molecule has 1 aromatic carbocycles. The molecule has 13 heteroatoms. The number of hydrogen-bond donors (Lipinski definition) is 2. The molecule has 4 heterocycles. The molecule has 13 nitrogen and oxygen atoms in total. The van der Waals surface area contributed by atoms with Crippen molar-refractivity contribution in [2.45, 2.75) is 52.4 Å². The molecule has 1 saturated heterocycles. The Morgan fingerprint density at radius 2 is 2.03 bits per heavy atom. The molecule has 3 N–H and O–H groups in total. The maximum atomic E-state index is 13.9. The van der Waals surface area contributed by atoms with Gasteiger partial charge in [0.15, 0.2) is 11.2 Å². The number of carbonyl (C=O) groups excluding carboxylic acids is 1. The number of esters is 1. The maximum absolute atomic E-state index is 13.9. The molecule has 38 heavy (non-hydrogen) atoms. The van der Waals surface area contributed by atoms with Crippen LogP contribution >= 0.6 is 0 Å². The fourth-order valence-electron chi connectivity index (χ4n) is 4.80. The normalized spacial score (nSPS) is 15.6. The average Bonchev–Trinajstić information content (AvgIpc) is 3.52. The van der Waals surface area contributed by atoms with Crippen molar-refractivity contribution in [1.29, 1.82) is 0 Å². The topological polar surface area (TPSA) is 159 Å². The molecule has 3 aromatic heterocycles. The average molecular weight is 520 g/mol. The molecule has 0 bridgehead atoms. The summed E-state index contributed by atoms with van der Waals surface area (Å²) in [4.78, 5) is 46.9. The molecule has 4 aromatic rings. The molecule has 1 atom stereocenters. The third-order valence-electron chi connectivity index (χ3n) is 6.56. The number of aromatic nitrogens is 7. The Morgan fingerprint density at radius 1 is 1.21 bits per heavy atom. The fourth-order valence-corrected chi connectivity index (χ4v) is 4.80. The Labute approximate surface area is 217 Å². The van der Waals surface area contributed by atoms with Gasteiger partial charge in [-0.1, -0.05) is 12.0 Å². The number of ether oxygens (including phenoxy) is 1. The minimum atomic E-state index is -0.663. The van der Waals surface area contributed by atoms with Gasteiger partial charge in [-0.3, -0.25) is 23.3 Å². The van der Waals surface area contributed by atoms with Crippen LogP contribution in [0.1, 0.15) is 32.3 Å². The van der Waals surface area contributed by atoms with Crippen molar-refractivity contribution in [2.75, 3.05) is 24.6 Å². The van der Waals surface area contributed by atoms with Gasteiger partial charge in [0.2, 0.25) is 5.95 Å². The number of fused-ring (bicyclic) bond motifs is 2. The first kappa shape index (κ1) is 25.2. The number of anilines is 1. The Balaban J connectivity index is 1.73. The van der Waals surface area contributed by atoms with E-state index in [2.05, 4.69) is 27.3 Å². The number of aromatic amines is 1. The summed E-state index contributed by atoms with van der Waals surface area (Å²) in [5.74, 6) is 5.77. The van der Waals surface area contributed by atoms with Crippen LogP contribution in [0.5, 0.6) is 0 Å². The Hall–Kier alpha value is -4.44. The number of nitrogens with two attached hydrogens (primary N) is 1. The zero-order valence-electron chi connectivity index (χ0n) is 21.3. The highest BCUT2D eigenvalue weighted by molar-refractivity contribution is 5.78. The van der Waals surface area contributed by atoms with E-state index in [0.29, 0.717) is 35.6 Å². The van der Waals surface area contributed by atoms with Crippen molar-refractivity contribution in [3.63, 3.8) is 0 Å². The second-order valence-electron chi connectivity index (χ2n) is 9.16. The maximum Gasteiger partial charge on any atom is 0.333 e. The number of hydrogen-bond acceptors (Lipinski definition) is 9. The van der Waals surface area contributed by atoms with Gasteiger partial charge in [0, 0.05) is 19.1 Å². The van der Waals surface area contributed by atoms with E-state index < -0.39 is 17.2 Å². The summed E-state index contributed by atoms with van der Waals surface area (Å²) >= 11 is 0. The first-order chi connectivity index (χ1) is 18.4. The molecule has 0 saturated carbocycles. The van der Waals surface area contributed by atoms with E-state index in [-0.39, 0.29) is 43.4 Å². The van der Waals surface area contributed by atoms with Gasteiger partial charge < -0.3 is 15.4 Å². The summed E-state index contributed by atoms with van der Waals surface area (Å²) in [6.45, 7) is 4.57. The first-order valence-electron chi connectivity index (χ1n) is 12.5. The monoisotopic (exact) mass is 519 g/mol. The number of H-pyrrole nitrogens is 1. The largest absolute Gasteiger partial charge is 0.465 e. The van der Waals surface area contributed by atoms with E-state index in [4.69, 9.17) is 15.5 Å². The molecule has 198 valence electrons. The predicted molar refractivity (Wildman–Crippen MR) is 141 cm³/mol. The number of benzene rings is 1. The first-order valence-corrected chi connectivity index (χ1v) is 12.5. The number of nitrogens with zero attached hydrogens (tertiary/aromatic N) is 7. The van der Waals surface area contributed by atoms with Gasteiger partial charge in [-0.15, -0.1) is 5.92 Å². The van der Waals surface area contributed by atoms with Gasteiger partial charge in [-0.05, 0) is 44.4 Å². The zero-order chi connectivity index (χ0) is 26.8. The van der Waals surface area contributed by atoms with Gasteiger partial charge in [0.05, 0.1) is 19.7 Å². The molecular weight excluding hydrogens is 490 g/mol. The zero-order valence-corrected chi connectivity index (χ0v) is 21.3. The molecular formula is C25H29N9O4. The molecule has 0 spiro atoms. The van der Waals surface area contributed by atoms with Crippen LogP contribution < -0.4 is 21.9 Å². The van der Waals surface area contributed by atoms with Crippen LogP contribution in [0, 0.1) is 11.8 Å². The third kappa shape index (κ3) is 4.66. The molecule has 5 rings (SSSR count). The molecule has 0 amide bonds. The van der Waals surface area contributed by atoms with E-state index in [0.717, 1.165) is 17.4 Å². The van der Waals surface area contributed by atoms with Crippen LogP contribution in [0.4, 0.5) is 5.95 Å². The van der Waals surface area contributed by atoms with Gasteiger partial charge in [-0.25, -0.2) is 4.79 Å². The molecule has 1 aliphatic heterocycles. The molecule has 1 unspecified atom stereocenters. The minimum absolute atomic E-state index is 0.0339. The number of carbonyl (C=O) groups is 1. The Kier molecular flexibility index (Phi) is 6.97. The number of piperidine rings is 1. The van der Waals surface area contributed by atoms with Crippen LogP contribution in [-0.2, 0) is 29.2 Å². The minimum Gasteiger partial charge on any atom is -0.465 e. The molecule has 1 aliphatic rings. The predicted octanol–water partition coefficient (Wildman–Crippen LogP) is 0.193. The number of rotatable bonds is 7. The van der Waals surface area contributed by atoms with Gasteiger partial charge in [-0.2, -0.15) is 20.4 Å². The lowest BCUT2D eigenvalue weighted by Gasteiger charge is -2.31. The van der Waals surface area contributed by atoms with E-state index in [1.54, 1.807) is 36.6 Å². The van der Waals surface area contributed by atoms with Gasteiger partial charge >= 0.3 is 11.7 Å². The lowest BCUT2D eigenvalue weighted by atomic mass is 10.1. The van der Waals surface area contributed by atoms with Crippen molar-refractivity contribution in [2.24, 2.45) is 5.73 Å². The fraction of sp³-hybridized carbons (Fsp3) is 0.440. The summed E-state index contributed by atoms with van der Waals surface area (Å²) < 4.78 is 9.14. The highest BCUT2D eigenvalue weighted by Crippen LogP contribution is 2.23. The van der Waals surface area contributed by atoms with Crippen LogP contribution in [0.2, 0.25) is 0 Å². The quantitative estimate of drug-likeness (QED) is 0.257. The van der Waals surface area contributed by atoms with Crippen molar-refractivity contribution in [1.82, 2.24) is 34.1 Å². The van der Waals surface area contributed by atoms with Crippen LogP contribution in [-0.4, -0.2) is 65.8 Å². The summed E-state index contributed by atoms with van der Waals surface area (Å²) in [5.41, 5.74) is 7.29. The Bertz CT molecular complexity index is 1680. The Morgan fingerprint density at radius 3 is 2.79 bits per heavy atom. The smallest absolute Gasteiger partial charge is 0.333 e. The van der Waals surface area contributed by atoms with E-state index >= 15 is 0 Å². The van der Waals surface area contributed by atoms with Gasteiger partial charge in [0.25, 0.3) is 5.56 Å². The third-order valence-corrected chi connectivity index (χ3v) is 6.56. The standard InChI is InChI=1S/C25H29N9O4/c1-3-5-11-32-21-22(27-24(32)31-10-6-7-17(26)14-31)33(15-20(35)38-4-2)25(37)34(23(21)36)13-16-8-9-18-19(12-16)29-30-28-18/h8-9,12,17H,4,6-7,10-11,13-15,26H2,1-2H3,(H,28,29,30). The van der Waals surface area contributed by atoms with E-state index in [1.807, 2.05) is 4.90 Å². The molecule has 0 radical (unpaired) electrons. The highest BCUT2D eigenvalue weighted by atomic mass is 16.5. The van der Waals surface area contributed by atoms with Crippen molar-refractivity contribution >= 4 is 34.1 Å². The second-order valence-corrected chi connectivity index (χ2v) is 9.16. The lowest BCUT2D eigenvalue weighted by Crippen LogP contribution is -2.44. The second kappa shape index (κ2) is 10.5. The van der Waals surface area contributed by atoms with E-state index in [1.165, 1.54) is 4.57 Å². The van der Waals surface area contributed by atoms with Gasteiger partial charge in [0.1, 0.15) is 17.6 Å². The SMILES string of the molecule is CC#CCn1c(N2CCCC(N)C2)nc2c1c(=O)n(Cc1ccc3n[nH]nc3c1)c(=O)n2CC(=O)OCC. The van der Waals surface area contributed by atoms with E-state index in [9.17, 15) is 14.4 Å². The molecule has 1 fully saturated rings. The van der Waals surface area contributed by atoms with Crippen molar-refractivity contribution in [3.05, 3.63) is 44.6 Å².